The minimum Gasteiger partial charge on any atom is -0.384 e. The number of guanidine groups is 1. The van der Waals surface area contributed by atoms with E-state index >= 15 is 0 Å². The molecule has 130 valence electrons. The molecule has 5 heteroatoms. The van der Waals surface area contributed by atoms with E-state index in [9.17, 15) is 0 Å². The van der Waals surface area contributed by atoms with Gasteiger partial charge in [0.1, 0.15) is 0 Å². The van der Waals surface area contributed by atoms with Crippen LogP contribution in [-0.4, -0.2) is 57.8 Å². The topological polar surface area (TPSA) is 40.1 Å². The third-order valence-electron chi connectivity index (χ3n) is 4.77. The molecule has 0 aliphatic carbocycles. The first kappa shape index (κ1) is 16.8. The average Bonchev–Trinajstić information content (AvgIpc) is 3.29. The number of nitrogens with zero attached hydrogens (tertiary/aromatic N) is 3. The summed E-state index contributed by atoms with van der Waals surface area (Å²) in [6, 6.07) is 8.81. The Morgan fingerprint density at radius 2 is 2.00 bits per heavy atom. The zero-order valence-electron chi connectivity index (χ0n) is 14.7. The molecule has 0 amide bonds. The van der Waals surface area contributed by atoms with Crippen molar-refractivity contribution in [1.82, 2.24) is 10.2 Å². The minimum absolute atomic E-state index is 0.613. The van der Waals surface area contributed by atoms with Crippen LogP contribution in [0, 0.1) is 5.92 Å². The number of ether oxygens (including phenoxy) is 1. The molecule has 1 N–H and O–H groups in total. The predicted molar refractivity (Wildman–Crippen MR) is 99.5 cm³/mol. The van der Waals surface area contributed by atoms with Gasteiger partial charge < -0.3 is 19.9 Å². The Morgan fingerprint density at radius 1 is 1.25 bits per heavy atom. The highest BCUT2D eigenvalue weighted by Crippen LogP contribution is 2.18. The summed E-state index contributed by atoms with van der Waals surface area (Å²) in [7, 11) is 3.63. The van der Waals surface area contributed by atoms with Gasteiger partial charge in [-0.25, -0.2) is 0 Å². The van der Waals surface area contributed by atoms with Crippen LogP contribution in [0.25, 0.3) is 0 Å². The van der Waals surface area contributed by atoms with Gasteiger partial charge in [-0.3, -0.25) is 4.99 Å². The normalized spacial score (nSPS) is 20.9. The van der Waals surface area contributed by atoms with Crippen LogP contribution in [0.1, 0.15) is 12.0 Å². The number of aliphatic imine (C=N–C) groups is 1. The summed E-state index contributed by atoms with van der Waals surface area (Å²) in [5, 5.41) is 3.49. The predicted octanol–water partition coefficient (Wildman–Crippen LogP) is 2.11. The largest absolute Gasteiger partial charge is 0.384 e. The molecule has 3 rings (SSSR count). The quantitative estimate of drug-likeness (QED) is 0.510. The summed E-state index contributed by atoms with van der Waals surface area (Å²) in [5.74, 6) is 1.60. The fourth-order valence-corrected chi connectivity index (χ4v) is 3.42. The molecule has 2 aliphatic rings. The van der Waals surface area contributed by atoms with Gasteiger partial charge in [0.05, 0.1) is 6.61 Å². The number of hydrogen-bond acceptors (Lipinski definition) is 3. The lowest BCUT2D eigenvalue weighted by atomic mass is 10.1. The van der Waals surface area contributed by atoms with E-state index in [2.05, 4.69) is 56.5 Å². The monoisotopic (exact) mass is 328 g/mol. The number of nitrogens with one attached hydrogen (secondary N) is 1. The van der Waals surface area contributed by atoms with Crippen LogP contribution in [0.4, 0.5) is 5.69 Å². The number of rotatable bonds is 5. The second kappa shape index (κ2) is 8.20. The highest BCUT2D eigenvalue weighted by Gasteiger charge is 2.24. The van der Waals surface area contributed by atoms with Crippen molar-refractivity contribution in [2.75, 3.05) is 51.8 Å². The molecule has 2 heterocycles. The third-order valence-corrected chi connectivity index (χ3v) is 4.77. The molecule has 0 saturated carbocycles. The summed E-state index contributed by atoms with van der Waals surface area (Å²) >= 11 is 0. The van der Waals surface area contributed by atoms with E-state index in [-0.39, 0.29) is 0 Å². The lowest BCUT2D eigenvalue weighted by Crippen LogP contribution is -2.39. The van der Waals surface area contributed by atoms with Gasteiger partial charge in [0, 0.05) is 58.5 Å². The van der Waals surface area contributed by atoms with E-state index in [1.165, 1.54) is 17.7 Å². The summed E-state index contributed by atoms with van der Waals surface area (Å²) in [6.07, 6.45) is 5.60. The SMILES string of the molecule is CN=C(NCc1ccc(N2CC=CC2)cc1)N1CCC(COC)C1. The molecule has 1 aromatic rings. The zero-order chi connectivity index (χ0) is 16.8. The van der Waals surface area contributed by atoms with Crippen molar-refractivity contribution in [3.63, 3.8) is 0 Å². The molecule has 1 atom stereocenters. The van der Waals surface area contributed by atoms with Crippen molar-refractivity contribution in [2.45, 2.75) is 13.0 Å². The van der Waals surface area contributed by atoms with Crippen molar-refractivity contribution in [1.29, 1.82) is 0 Å². The fraction of sp³-hybridized carbons (Fsp3) is 0.526. The lowest BCUT2D eigenvalue weighted by molar-refractivity contribution is 0.157. The molecule has 2 aliphatic heterocycles. The van der Waals surface area contributed by atoms with Gasteiger partial charge in [-0.2, -0.15) is 0 Å². The Morgan fingerprint density at radius 3 is 2.67 bits per heavy atom. The lowest BCUT2D eigenvalue weighted by Gasteiger charge is -2.22. The molecule has 0 radical (unpaired) electrons. The maximum atomic E-state index is 5.27. The van der Waals surface area contributed by atoms with Crippen molar-refractivity contribution in [3.05, 3.63) is 42.0 Å². The van der Waals surface area contributed by atoms with Crippen molar-refractivity contribution in [2.24, 2.45) is 10.9 Å². The Labute approximate surface area is 145 Å². The van der Waals surface area contributed by atoms with E-state index in [0.717, 1.165) is 45.3 Å². The molecule has 0 aromatic heterocycles. The maximum absolute atomic E-state index is 5.27. The van der Waals surface area contributed by atoms with E-state index in [0.29, 0.717) is 5.92 Å². The molecule has 5 nitrogen and oxygen atoms in total. The van der Waals surface area contributed by atoms with Crippen LogP contribution in [0.3, 0.4) is 0 Å². The first-order valence-electron chi connectivity index (χ1n) is 8.73. The van der Waals surface area contributed by atoms with E-state index < -0.39 is 0 Å². The fourth-order valence-electron chi connectivity index (χ4n) is 3.42. The van der Waals surface area contributed by atoms with E-state index in [1.54, 1.807) is 7.11 Å². The Balaban J connectivity index is 1.50. The first-order chi connectivity index (χ1) is 11.8. The molecule has 0 spiro atoms. The smallest absolute Gasteiger partial charge is 0.193 e. The minimum atomic E-state index is 0.613. The van der Waals surface area contributed by atoms with E-state index in [4.69, 9.17) is 4.74 Å². The van der Waals surface area contributed by atoms with Gasteiger partial charge in [0.15, 0.2) is 5.96 Å². The van der Waals surface area contributed by atoms with Crippen LogP contribution < -0.4 is 10.2 Å². The number of benzene rings is 1. The van der Waals surface area contributed by atoms with Crippen molar-refractivity contribution in [3.8, 4) is 0 Å². The van der Waals surface area contributed by atoms with Crippen LogP contribution >= 0.6 is 0 Å². The Kier molecular flexibility index (Phi) is 5.75. The highest BCUT2D eigenvalue weighted by molar-refractivity contribution is 5.80. The second-order valence-corrected chi connectivity index (χ2v) is 6.50. The molecule has 1 saturated heterocycles. The van der Waals surface area contributed by atoms with Crippen LogP contribution in [0.5, 0.6) is 0 Å². The molecular formula is C19H28N4O. The van der Waals surface area contributed by atoms with Gasteiger partial charge in [-0.1, -0.05) is 24.3 Å². The number of anilines is 1. The van der Waals surface area contributed by atoms with Crippen LogP contribution in [-0.2, 0) is 11.3 Å². The number of likely N-dealkylation sites (tertiary alicyclic amines) is 1. The van der Waals surface area contributed by atoms with Crippen molar-refractivity contribution < 1.29 is 4.74 Å². The van der Waals surface area contributed by atoms with Crippen LogP contribution in [0.2, 0.25) is 0 Å². The van der Waals surface area contributed by atoms with Crippen molar-refractivity contribution >= 4 is 11.6 Å². The molecular weight excluding hydrogens is 300 g/mol. The molecule has 1 fully saturated rings. The molecule has 1 unspecified atom stereocenters. The second-order valence-electron chi connectivity index (χ2n) is 6.50. The summed E-state index contributed by atoms with van der Waals surface area (Å²) < 4.78 is 5.27. The standard InChI is InChI=1S/C19H28N4O/c1-20-19(23-12-9-17(14-23)15-24-2)21-13-16-5-7-18(8-6-16)22-10-3-4-11-22/h3-8,17H,9-15H2,1-2H3,(H,20,21). The van der Waals surface area contributed by atoms with Gasteiger partial charge in [0.25, 0.3) is 0 Å². The number of methoxy groups -OCH3 is 1. The maximum Gasteiger partial charge on any atom is 0.193 e. The summed E-state index contributed by atoms with van der Waals surface area (Å²) in [5.41, 5.74) is 2.56. The number of hydrogen-bond donors (Lipinski definition) is 1. The van der Waals surface area contributed by atoms with Gasteiger partial charge in [-0.15, -0.1) is 0 Å². The third kappa shape index (κ3) is 4.09. The summed E-state index contributed by atoms with van der Waals surface area (Å²) in [4.78, 5) is 9.12. The molecule has 1 aromatic carbocycles. The van der Waals surface area contributed by atoms with Gasteiger partial charge >= 0.3 is 0 Å². The van der Waals surface area contributed by atoms with E-state index in [1.807, 2.05) is 7.05 Å². The molecule has 24 heavy (non-hydrogen) atoms. The first-order valence-corrected chi connectivity index (χ1v) is 8.73. The van der Waals surface area contributed by atoms with Gasteiger partial charge in [0.2, 0.25) is 0 Å². The Bertz CT molecular complexity index is 574. The Hall–Kier alpha value is -2.01. The van der Waals surface area contributed by atoms with Crippen LogP contribution in [0.15, 0.2) is 41.4 Å². The highest BCUT2D eigenvalue weighted by atomic mass is 16.5. The zero-order valence-corrected chi connectivity index (χ0v) is 14.7. The summed E-state index contributed by atoms with van der Waals surface area (Å²) in [6.45, 7) is 5.74. The average molecular weight is 328 g/mol. The van der Waals surface area contributed by atoms with Gasteiger partial charge in [-0.05, 0) is 24.1 Å². The molecule has 0 bridgehead atoms.